The van der Waals surface area contributed by atoms with Gasteiger partial charge in [0.15, 0.2) is 0 Å². The van der Waals surface area contributed by atoms with Crippen molar-refractivity contribution in [2.24, 2.45) is 0 Å². The van der Waals surface area contributed by atoms with E-state index in [1.807, 2.05) is 32.2 Å². The predicted molar refractivity (Wildman–Crippen MR) is 81.8 cm³/mol. The Labute approximate surface area is 123 Å². The van der Waals surface area contributed by atoms with Crippen LogP contribution in [0.3, 0.4) is 0 Å². The Morgan fingerprint density at radius 3 is 2.45 bits per heavy atom. The van der Waals surface area contributed by atoms with Gasteiger partial charge in [0, 0.05) is 0 Å². The highest BCUT2D eigenvalue weighted by molar-refractivity contribution is 7.98. The van der Waals surface area contributed by atoms with Crippen LogP contribution in [0.5, 0.6) is 0 Å². The van der Waals surface area contributed by atoms with E-state index in [0.717, 1.165) is 22.4 Å². The van der Waals surface area contributed by atoms with Gasteiger partial charge in [0.1, 0.15) is 6.04 Å². The van der Waals surface area contributed by atoms with Crippen LogP contribution in [0.25, 0.3) is 0 Å². The van der Waals surface area contributed by atoms with Gasteiger partial charge in [0.05, 0.1) is 6.54 Å². The first-order valence-corrected chi connectivity index (χ1v) is 8.08. The van der Waals surface area contributed by atoms with Crippen LogP contribution in [0.1, 0.15) is 23.1 Å². The summed E-state index contributed by atoms with van der Waals surface area (Å²) in [7, 11) is 0. The topological polar surface area (TPSA) is 49.4 Å². The lowest BCUT2D eigenvalue weighted by molar-refractivity contribution is -0.127. The van der Waals surface area contributed by atoms with Gasteiger partial charge < -0.3 is 5.32 Å². The van der Waals surface area contributed by atoms with Crippen molar-refractivity contribution in [3.05, 3.63) is 34.9 Å². The zero-order valence-electron chi connectivity index (χ0n) is 12.1. The molecule has 1 aromatic carbocycles. The second-order valence-electron chi connectivity index (χ2n) is 5.20. The second kappa shape index (κ2) is 6.31. The smallest absolute Gasteiger partial charge is 0.325 e. The lowest BCUT2D eigenvalue weighted by Gasteiger charge is -2.14. The molecule has 1 fully saturated rings. The van der Waals surface area contributed by atoms with Gasteiger partial charge in [-0.3, -0.25) is 9.69 Å². The quantitative estimate of drug-likeness (QED) is 0.848. The van der Waals surface area contributed by atoms with Crippen LogP contribution < -0.4 is 5.32 Å². The molecule has 0 aromatic heterocycles. The lowest BCUT2D eigenvalue weighted by atomic mass is 10.1. The number of hydrogen-bond acceptors (Lipinski definition) is 3. The third-order valence-corrected chi connectivity index (χ3v) is 3.98. The van der Waals surface area contributed by atoms with E-state index in [4.69, 9.17) is 0 Å². The number of hydrogen-bond donors (Lipinski definition) is 1. The van der Waals surface area contributed by atoms with Gasteiger partial charge in [-0.25, -0.2) is 4.79 Å². The van der Waals surface area contributed by atoms with E-state index in [1.165, 1.54) is 4.90 Å². The minimum absolute atomic E-state index is 0.108. The Hall–Kier alpha value is -1.49. The summed E-state index contributed by atoms with van der Waals surface area (Å²) in [6, 6.07) is 5.48. The number of nitrogens with one attached hydrogen (secondary N) is 1. The van der Waals surface area contributed by atoms with E-state index in [1.54, 1.807) is 11.8 Å². The summed E-state index contributed by atoms with van der Waals surface area (Å²) in [6.45, 7) is 4.39. The van der Waals surface area contributed by atoms with Crippen LogP contribution in [-0.2, 0) is 11.3 Å². The van der Waals surface area contributed by atoms with Gasteiger partial charge in [0.25, 0.3) is 5.91 Å². The normalized spacial score (nSPS) is 18.6. The summed E-state index contributed by atoms with van der Waals surface area (Å²) in [4.78, 5) is 25.5. The summed E-state index contributed by atoms with van der Waals surface area (Å²) in [6.07, 6.45) is 2.68. The van der Waals surface area contributed by atoms with Crippen molar-refractivity contribution in [2.45, 2.75) is 32.9 Å². The van der Waals surface area contributed by atoms with Crippen molar-refractivity contribution in [3.63, 3.8) is 0 Å². The van der Waals surface area contributed by atoms with Gasteiger partial charge in [0.2, 0.25) is 0 Å². The molecule has 0 saturated carbocycles. The van der Waals surface area contributed by atoms with Crippen molar-refractivity contribution >= 4 is 23.7 Å². The van der Waals surface area contributed by atoms with Crippen molar-refractivity contribution in [3.8, 4) is 0 Å². The van der Waals surface area contributed by atoms with E-state index in [0.29, 0.717) is 13.0 Å². The Balaban J connectivity index is 2.09. The number of urea groups is 1. The molecule has 1 saturated heterocycles. The molecule has 2 rings (SSSR count). The first kappa shape index (κ1) is 14.9. The van der Waals surface area contributed by atoms with E-state index in [9.17, 15) is 9.59 Å². The van der Waals surface area contributed by atoms with Crippen molar-refractivity contribution in [2.75, 3.05) is 12.0 Å². The highest BCUT2D eigenvalue weighted by Gasteiger charge is 2.37. The number of thioether (sulfide) groups is 1. The molecule has 5 heteroatoms. The summed E-state index contributed by atoms with van der Waals surface area (Å²) in [5.41, 5.74) is 3.29. The zero-order chi connectivity index (χ0) is 14.7. The maximum absolute atomic E-state index is 12.2. The number of aryl methyl sites for hydroxylation is 2. The van der Waals surface area contributed by atoms with Crippen LogP contribution >= 0.6 is 11.8 Å². The number of imide groups is 1. The molecule has 3 amide bonds. The molecule has 0 radical (unpaired) electrons. The molecule has 1 heterocycles. The van der Waals surface area contributed by atoms with Crippen LogP contribution in [0.2, 0.25) is 0 Å². The van der Waals surface area contributed by atoms with Crippen LogP contribution in [0, 0.1) is 13.8 Å². The summed E-state index contributed by atoms with van der Waals surface area (Å²) < 4.78 is 0. The molecule has 0 spiro atoms. The fraction of sp³-hybridized carbons (Fsp3) is 0.467. The molecule has 4 nitrogen and oxygen atoms in total. The fourth-order valence-electron chi connectivity index (χ4n) is 2.50. The standard InChI is InChI=1S/C15H20N2O2S/c1-10-6-11(2)8-12(7-10)9-17-14(18)13(4-5-20-3)16-15(17)19/h6-8,13H,4-5,9H2,1-3H3,(H,16,19). The molecule has 1 aliphatic heterocycles. The van der Waals surface area contributed by atoms with Gasteiger partial charge in [-0.05, 0) is 37.8 Å². The SMILES string of the molecule is CSCCC1NC(=O)N(Cc2cc(C)cc(C)c2)C1=O. The number of nitrogens with zero attached hydrogens (tertiary/aromatic N) is 1. The summed E-state index contributed by atoms with van der Waals surface area (Å²) >= 11 is 1.68. The van der Waals surface area contributed by atoms with E-state index < -0.39 is 0 Å². The van der Waals surface area contributed by atoms with E-state index in [2.05, 4.69) is 11.4 Å². The van der Waals surface area contributed by atoms with Crippen LogP contribution in [0.4, 0.5) is 4.79 Å². The first-order chi connectivity index (χ1) is 9.51. The van der Waals surface area contributed by atoms with Crippen molar-refractivity contribution in [1.82, 2.24) is 10.2 Å². The minimum Gasteiger partial charge on any atom is -0.326 e. The third-order valence-electron chi connectivity index (χ3n) is 3.34. The Kier molecular flexibility index (Phi) is 4.70. The minimum atomic E-state index is -0.360. The molecule has 1 atom stereocenters. The molecule has 108 valence electrons. The number of benzene rings is 1. The predicted octanol–water partition coefficient (Wildman–Crippen LogP) is 2.48. The maximum atomic E-state index is 12.2. The third kappa shape index (κ3) is 3.33. The monoisotopic (exact) mass is 292 g/mol. The molecule has 1 N–H and O–H groups in total. The first-order valence-electron chi connectivity index (χ1n) is 6.69. The van der Waals surface area contributed by atoms with Crippen LogP contribution in [-0.4, -0.2) is 34.9 Å². The van der Waals surface area contributed by atoms with Gasteiger partial charge in [-0.2, -0.15) is 11.8 Å². The average molecular weight is 292 g/mol. The van der Waals surface area contributed by atoms with E-state index >= 15 is 0 Å². The Bertz CT molecular complexity index is 510. The second-order valence-corrected chi connectivity index (χ2v) is 6.19. The average Bonchev–Trinajstić information content (AvgIpc) is 2.63. The molecule has 1 aliphatic rings. The molecule has 1 unspecified atom stereocenters. The van der Waals surface area contributed by atoms with E-state index in [-0.39, 0.29) is 18.0 Å². The summed E-state index contributed by atoms with van der Waals surface area (Å²) in [5, 5.41) is 2.76. The Morgan fingerprint density at radius 2 is 1.85 bits per heavy atom. The number of carbonyl (C=O) groups excluding carboxylic acids is 2. The molecule has 0 bridgehead atoms. The lowest BCUT2D eigenvalue weighted by Crippen LogP contribution is -2.31. The highest BCUT2D eigenvalue weighted by atomic mass is 32.2. The molecular formula is C15H20N2O2S. The molecule has 0 aliphatic carbocycles. The summed E-state index contributed by atoms with van der Waals surface area (Å²) in [5.74, 6) is 0.761. The highest BCUT2D eigenvalue weighted by Crippen LogP contribution is 2.17. The van der Waals surface area contributed by atoms with Gasteiger partial charge >= 0.3 is 6.03 Å². The van der Waals surface area contributed by atoms with Gasteiger partial charge in [-0.1, -0.05) is 29.3 Å². The maximum Gasteiger partial charge on any atom is 0.325 e. The zero-order valence-corrected chi connectivity index (χ0v) is 12.9. The molecule has 20 heavy (non-hydrogen) atoms. The number of carbonyl (C=O) groups is 2. The molecule has 1 aromatic rings. The molecular weight excluding hydrogens is 272 g/mol. The largest absolute Gasteiger partial charge is 0.326 e. The van der Waals surface area contributed by atoms with Crippen molar-refractivity contribution in [1.29, 1.82) is 0 Å². The van der Waals surface area contributed by atoms with Crippen LogP contribution in [0.15, 0.2) is 18.2 Å². The Morgan fingerprint density at radius 1 is 1.20 bits per heavy atom. The fourth-order valence-corrected chi connectivity index (χ4v) is 2.97. The van der Waals surface area contributed by atoms with Crippen molar-refractivity contribution < 1.29 is 9.59 Å². The van der Waals surface area contributed by atoms with Gasteiger partial charge in [-0.15, -0.1) is 0 Å². The number of amides is 3. The number of rotatable bonds is 5.